The zero-order valence-electron chi connectivity index (χ0n) is 8.75. The maximum atomic E-state index is 11.8. The average molecular weight is 194 g/mol. The van der Waals surface area contributed by atoms with E-state index in [-0.39, 0.29) is 5.66 Å². The van der Waals surface area contributed by atoms with Crippen molar-refractivity contribution < 1.29 is 4.79 Å². The minimum atomic E-state index is -0.00322. The summed E-state index contributed by atoms with van der Waals surface area (Å²) in [6.45, 7) is 2.19. The summed E-state index contributed by atoms with van der Waals surface area (Å²) in [5.74, 6) is 0.370. The van der Waals surface area contributed by atoms with Crippen molar-refractivity contribution in [2.24, 2.45) is 0 Å². The van der Waals surface area contributed by atoms with Crippen LogP contribution in [-0.2, 0) is 4.79 Å². The maximum absolute atomic E-state index is 11.8. The summed E-state index contributed by atoms with van der Waals surface area (Å²) in [6.07, 6.45) is 6.82. The van der Waals surface area contributed by atoms with Crippen LogP contribution in [0.25, 0.3) is 0 Å². The van der Waals surface area contributed by atoms with Gasteiger partial charge in [-0.15, -0.1) is 0 Å². The van der Waals surface area contributed by atoms with Gasteiger partial charge in [-0.2, -0.15) is 0 Å². The van der Waals surface area contributed by atoms with Crippen molar-refractivity contribution in [2.75, 3.05) is 0 Å². The first-order chi connectivity index (χ1) is 6.71. The molecule has 0 aromatic rings. The lowest BCUT2D eigenvalue weighted by Crippen LogP contribution is -2.47. The predicted molar refractivity (Wildman–Crippen MR) is 53.7 cm³/mol. The van der Waals surface area contributed by atoms with Crippen LogP contribution in [0.1, 0.15) is 45.4 Å². The molecule has 1 saturated carbocycles. The Morgan fingerprint density at radius 2 is 2.21 bits per heavy atom. The molecule has 3 aliphatic rings. The third kappa shape index (κ3) is 0.991. The number of carbonyl (C=O) groups is 1. The minimum absolute atomic E-state index is 0.00322. The molecule has 1 N–H and O–H groups in total. The first-order valence-electron chi connectivity index (χ1n) is 5.81. The van der Waals surface area contributed by atoms with Crippen molar-refractivity contribution >= 4 is 5.91 Å². The number of hydrogen-bond acceptors (Lipinski definition) is 2. The van der Waals surface area contributed by atoms with Gasteiger partial charge in [0.25, 0.3) is 0 Å². The highest BCUT2D eigenvalue weighted by atomic mass is 16.2. The van der Waals surface area contributed by atoms with E-state index in [2.05, 4.69) is 17.1 Å². The number of hydrogen-bond donors (Lipinski definition) is 1. The molecule has 0 spiro atoms. The molecule has 3 heteroatoms. The van der Waals surface area contributed by atoms with Crippen LogP contribution in [0.15, 0.2) is 0 Å². The molecule has 1 aliphatic carbocycles. The number of fused-ring (bicyclic) bond motifs is 3. The lowest BCUT2D eigenvalue weighted by molar-refractivity contribution is -0.132. The van der Waals surface area contributed by atoms with Crippen LogP contribution < -0.4 is 5.32 Å². The molecule has 0 unspecified atom stereocenters. The van der Waals surface area contributed by atoms with E-state index in [1.54, 1.807) is 0 Å². The van der Waals surface area contributed by atoms with Crippen molar-refractivity contribution in [2.45, 2.75) is 63.2 Å². The summed E-state index contributed by atoms with van der Waals surface area (Å²) in [7, 11) is 0. The maximum Gasteiger partial charge on any atom is 0.224 e. The molecule has 3 nitrogen and oxygen atoms in total. The predicted octanol–water partition coefficient (Wildman–Crippen LogP) is 1.24. The Balaban J connectivity index is 1.92. The fourth-order valence-electron chi connectivity index (χ4n) is 3.55. The average Bonchev–Trinajstić information content (AvgIpc) is 2.60. The van der Waals surface area contributed by atoms with Crippen LogP contribution in [0.3, 0.4) is 0 Å². The summed E-state index contributed by atoms with van der Waals surface area (Å²) in [5.41, 5.74) is -0.00322. The Labute approximate surface area is 84.8 Å². The second-order valence-electron chi connectivity index (χ2n) is 5.14. The quantitative estimate of drug-likeness (QED) is 0.629. The van der Waals surface area contributed by atoms with Crippen LogP contribution >= 0.6 is 0 Å². The van der Waals surface area contributed by atoms with Crippen LogP contribution in [0.5, 0.6) is 0 Å². The van der Waals surface area contributed by atoms with Gasteiger partial charge in [-0.3, -0.25) is 10.1 Å². The van der Waals surface area contributed by atoms with Gasteiger partial charge in [0, 0.05) is 18.5 Å². The molecule has 0 radical (unpaired) electrons. The molecule has 0 aromatic heterocycles. The van der Waals surface area contributed by atoms with Gasteiger partial charge in [0.05, 0.1) is 5.66 Å². The second kappa shape index (κ2) is 2.72. The summed E-state index contributed by atoms with van der Waals surface area (Å²) < 4.78 is 0. The molecular weight excluding hydrogens is 176 g/mol. The number of nitrogens with one attached hydrogen (secondary N) is 1. The Kier molecular flexibility index (Phi) is 1.69. The van der Waals surface area contributed by atoms with Gasteiger partial charge in [-0.1, -0.05) is 12.8 Å². The second-order valence-corrected chi connectivity index (χ2v) is 5.14. The lowest BCUT2D eigenvalue weighted by Gasteiger charge is -2.32. The smallest absolute Gasteiger partial charge is 0.224 e. The third-order valence-electron chi connectivity index (χ3n) is 4.18. The fraction of sp³-hybridized carbons (Fsp3) is 0.909. The van der Waals surface area contributed by atoms with Gasteiger partial charge >= 0.3 is 0 Å². The van der Waals surface area contributed by atoms with Crippen molar-refractivity contribution in [3.05, 3.63) is 0 Å². The molecule has 3 rings (SSSR count). The van der Waals surface area contributed by atoms with Crippen molar-refractivity contribution in [3.63, 3.8) is 0 Å². The number of nitrogens with zero attached hydrogens (tertiary/aromatic N) is 1. The number of carbonyl (C=O) groups excluding carboxylic acids is 1. The minimum Gasteiger partial charge on any atom is -0.320 e. The molecule has 0 aromatic carbocycles. The van der Waals surface area contributed by atoms with Crippen molar-refractivity contribution in [3.8, 4) is 0 Å². The summed E-state index contributed by atoms with van der Waals surface area (Å²) in [5, 5.41) is 3.67. The monoisotopic (exact) mass is 194 g/mol. The highest BCUT2D eigenvalue weighted by molar-refractivity contribution is 5.80. The van der Waals surface area contributed by atoms with E-state index in [9.17, 15) is 4.79 Å². The SMILES string of the molecule is C[C@]12CCC(=O)N1[C@@H]1CCCC[C@@H]1N2. The molecular formula is C11H18N2O. The topological polar surface area (TPSA) is 32.3 Å². The fourth-order valence-corrected chi connectivity index (χ4v) is 3.55. The first kappa shape index (κ1) is 8.72. The Morgan fingerprint density at radius 3 is 3.07 bits per heavy atom. The molecule has 3 atom stereocenters. The number of rotatable bonds is 0. The number of amides is 1. The highest BCUT2D eigenvalue weighted by Gasteiger charge is 2.54. The van der Waals surface area contributed by atoms with Crippen LogP contribution in [0.2, 0.25) is 0 Å². The van der Waals surface area contributed by atoms with E-state index >= 15 is 0 Å². The van der Waals surface area contributed by atoms with Crippen LogP contribution in [-0.4, -0.2) is 28.6 Å². The normalized spacial score (nSPS) is 46.6. The molecule has 2 heterocycles. The van der Waals surface area contributed by atoms with Gasteiger partial charge in [0.2, 0.25) is 5.91 Å². The summed E-state index contributed by atoms with van der Waals surface area (Å²) >= 11 is 0. The Morgan fingerprint density at radius 1 is 1.43 bits per heavy atom. The lowest BCUT2D eigenvalue weighted by atomic mass is 9.91. The van der Waals surface area contributed by atoms with Gasteiger partial charge in [0.15, 0.2) is 0 Å². The molecule has 2 saturated heterocycles. The van der Waals surface area contributed by atoms with E-state index in [1.807, 2.05) is 0 Å². The molecule has 78 valence electrons. The Bertz CT molecular complexity index is 278. The van der Waals surface area contributed by atoms with E-state index in [0.29, 0.717) is 18.0 Å². The molecule has 0 bridgehead atoms. The largest absolute Gasteiger partial charge is 0.320 e. The van der Waals surface area contributed by atoms with Crippen LogP contribution in [0.4, 0.5) is 0 Å². The third-order valence-corrected chi connectivity index (χ3v) is 4.18. The van der Waals surface area contributed by atoms with E-state index in [0.717, 1.165) is 12.8 Å². The molecule has 1 amide bonds. The first-order valence-corrected chi connectivity index (χ1v) is 5.81. The van der Waals surface area contributed by atoms with E-state index < -0.39 is 0 Å². The molecule has 14 heavy (non-hydrogen) atoms. The van der Waals surface area contributed by atoms with E-state index in [1.165, 1.54) is 25.7 Å². The van der Waals surface area contributed by atoms with E-state index in [4.69, 9.17) is 0 Å². The summed E-state index contributed by atoms with van der Waals surface area (Å²) in [6, 6.07) is 1.08. The Hall–Kier alpha value is -0.570. The zero-order chi connectivity index (χ0) is 9.76. The highest BCUT2D eigenvalue weighted by Crippen LogP contribution is 2.41. The standard InChI is InChI=1S/C11H18N2O/c1-11-7-6-10(14)13(11)9-5-3-2-4-8(9)12-11/h8-9,12H,2-7H2,1H3/t8-,9+,11+/m0/s1. The van der Waals surface area contributed by atoms with Crippen molar-refractivity contribution in [1.29, 1.82) is 0 Å². The zero-order valence-corrected chi connectivity index (χ0v) is 8.75. The molecule has 3 fully saturated rings. The summed E-state index contributed by atoms with van der Waals surface area (Å²) in [4.78, 5) is 14.0. The van der Waals surface area contributed by atoms with Gasteiger partial charge < -0.3 is 4.90 Å². The van der Waals surface area contributed by atoms with Gasteiger partial charge in [-0.05, 0) is 26.2 Å². The van der Waals surface area contributed by atoms with Gasteiger partial charge in [-0.25, -0.2) is 0 Å². The molecule has 2 aliphatic heterocycles. The van der Waals surface area contributed by atoms with Gasteiger partial charge in [0.1, 0.15) is 0 Å². The van der Waals surface area contributed by atoms with Crippen molar-refractivity contribution in [1.82, 2.24) is 10.2 Å². The van der Waals surface area contributed by atoms with Crippen LogP contribution in [0, 0.1) is 0 Å².